The molecule has 0 aromatic carbocycles. The van der Waals surface area contributed by atoms with Gasteiger partial charge in [0.2, 0.25) is 0 Å². The van der Waals surface area contributed by atoms with Crippen LogP contribution in [0.1, 0.15) is 12.5 Å². The maximum atomic E-state index is 11.2. The molecule has 0 aliphatic heterocycles. The summed E-state index contributed by atoms with van der Waals surface area (Å²) in [6, 6.07) is 1.54. The van der Waals surface area contributed by atoms with Crippen molar-refractivity contribution in [2.75, 3.05) is 12.4 Å². The van der Waals surface area contributed by atoms with Gasteiger partial charge in [-0.3, -0.25) is 0 Å². The Kier molecular flexibility index (Phi) is 4.08. The van der Waals surface area contributed by atoms with Crippen LogP contribution >= 0.6 is 15.9 Å². The standard InChI is InChI=1S/C10H13BrN2O2/c1-6-4-8(5-12-9(6)11)13-7(2)10(14)15-3/h4-5,7,13H,1-3H3. The SMILES string of the molecule is COC(=O)C(C)Nc1cnc(Br)c(C)c1. The number of hydrogen-bond donors (Lipinski definition) is 1. The third-order valence-corrected chi connectivity index (χ3v) is 2.78. The number of carbonyl (C=O) groups excluding carboxylic acids is 1. The minimum absolute atomic E-state index is 0.296. The first-order valence-electron chi connectivity index (χ1n) is 4.51. The number of esters is 1. The maximum Gasteiger partial charge on any atom is 0.327 e. The summed E-state index contributed by atoms with van der Waals surface area (Å²) in [4.78, 5) is 15.3. The van der Waals surface area contributed by atoms with E-state index in [4.69, 9.17) is 0 Å². The van der Waals surface area contributed by atoms with E-state index in [2.05, 4.69) is 31.0 Å². The number of halogens is 1. The quantitative estimate of drug-likeness (QED) is 0.677. The van der Waals surface area contributed by atoms with Gasteiger partial charge in [0.15, 0.2) is 0 Å². The topological polar surface area (TPSA) is 51.2 Å². The molecule has 1 unspecified atom stereocenters. The smallest absolute Gasteiger partial charge is 0.327 e. The van der Waals surface area contributed by atoms with Crippen LogP contribution in [0, 0.1) is 6.92 Å². The number of nitrogens with zero attached hydrogens (tertiary/aromatic N) is 1. The van der Waals surface area contributed by atoms with Gasteiger partial charge in [-0.2, -0.15) is 0 Å². The van der Waals surface area contributed by atoms with Gasteiger partial charge in [-0.05, 0) is 41.4 Å². The van der Waals surface area contributed by atoms with Gasteiger partial charge >= 0.3 is 5.97 Å². The number of anilines is 1. The van der Waals surface area contributed by atoms with Gasteiger partial charge in [0.1, 0.15) is 10.6 Å². The molecular formula is C10H13BrN2O2. The second kappa shape index (κ2) is 5.11. The lowest BCUT2D eigenvalue weighted by atomic mass is 10.2. The minimum atomic E-state index is -0.377. The zero-order valence-corrected chi connectivity index (χ0v) is 10.5. The summed E-state index contributed by atoms with van der Waals surface area (Å²) in [6.45, 7) is 3.67. The van der Waals surface area contributed by atoms with Crippen LogP contribution in [0.2, 0.25) is 0 Å². The molecule has 1 heterocycles. The van der Waals surface area contributed by atoms with Crippen LogP contribution in [0.3, 0.4) is 0 Å². The molecule has 0 fully saturated rings. The monoisotopic (exact) mass is 272 g/mol. The first kappa shape index (κ1) is 12.0. The number of methoxy groups -OCH3 is 1. The van der Waals surface area contributed by atoms with E-state index in [1.54, 1.807) is 13.1 Å². The summed E-state index contributed by atoms with van der Waals surface area (Å²) < 4.78 is 5.41. The molecule has 4 nitrogen and oxygen atoms in total. The Labute approximate surface area is 97.2 Å². The fourth-order valence-corrected chi connectivity index (χ4v) is 1.34. The van der Waals surface area contributed by atoms with Crippen molar-refractivity contribution in [3.05, 3.63) is 22.4 Å². The van der Waals surface area contributed by atoms with E-state index >= 15 is 0 Å². The number of nitrogens with one attached hydrogen (secondary N) is 1. The van der Waals surface area contributed by atoms with Crippen molar-refractivity contribution in [1.29, 1.82) is 0 Å². The fraction of sp³-hybridized carbons (Fsp3) is 0.400. The number of ether oxygens (including phenoxy) is 1. The number of pyridine rings is 1. The molecule has 0 saturated heterocycles. The second-order valence-electron chi connectivity index (χ2n) is 3.22. The summed E-state index contributed by atoms with van der Waals surface area (Å²) in [6.07, 6.45) is 1.66. The maximum absolute atomic E-state index is 11.2. The molecule has 0 aliphatic carbocycles. The lowest BCUT2D eigenvalue weighted by molar-refractivity contribution is -0.141. The third-order valence-electron chi connectivity index (χ3n) is 1.95. The van der Waals surface area contributed by atoms with Crippen LogP contribution in [-0.4, -0.2) is 24.1 Å². The van der Waals surface area contributed by atoms with Gasteiger partial charge in [-0.1, -0.05) is 0 Å². The highest BCUT2D eigenvalue weighted by atomic mass is 79.9. The van der Waals surface area contributed by atoms with Crippen LogP contribution in [0.4, 0.5) is 5.69 Å². The van der Waals surface area contributed by atoms with E-state index in [9.17, 15) is 4.79 Å². The first-order valence-corrected chi connectivity index (χ1v) is 5.30. The highest BCUT2D eigenvalue weighted by Gasteiger charge is 2.12. The summed E-state index contributed by atoms with van der Waals surface area (Å²) in [5.41, 5.74) is 1.81. The van der Waals surface area contributed by atoms with Crippen molar-refractivity contribution in [3.63, 3.8) is 0 Å². The Bertz CT molecular complexity index is 368. The van der Waals surface area contributed by atoms with E-state index in [1.165, 1.54) is 7.11 Å². The zero-order chi connectivity index (χ0) is 11.4. The first-order chi connectivity index (χ1) is 7.04. The molecule has 0 aliphatic rings. The largest absolute Gasteiger partial charge is 0.467 e. The highest BCUT2D eigenvalue weighted by molar-refractivity contribution is 9.10. The Hall–Kier alpha value is -1.10. The van der Waals surface area contributed by atoms with E-state index in [-0.39, 0.29) is 12.0 Å². The summed E-state index contributed by atoms with van der Waals surface area (Å²) in [7, 11) is 1.37. The number of hydrogen-bond acceptors (Lipinski definition) is 4. The van der Waals surface area contributed by atoms with Crippen LogP contribution in [0.25, 0.3) is 0 Å². The van der Waals surface area contributed by atoms with Crippen LogP contribution in [-0.2, 0) is 9.53 Å². The number of rotatable bonds is 3. The van der Waals surface area contributed by atoms with Crippen molar-refractivity contribution < 1.29 is 9.53 Å². The number of carbonyl (C=O) groups is 1. The van der Waals surface area contributed by atoms with Crippen molar-refractivity contribution in [2.24, 2.45) is 0 Å². The predicted molar refractivity (Wildman–Crippen MR) is 61.8 cm³/mol. The van der Waals surface area contributed by atoms with E-state index in [0.29, 0.717) is 0 Å². The van der Waals surface area contributed by atoms with Gasteiger partial charge in [-0.15, -0.1) is 0 Å². The Balaban J connectivity index is 2.73. The van der Waals surface area contributed by atoms with Gasteiger partial charge < -0.3 is 10.1 Å². The minimum Gasteiger partial charge on any atom is -0.467 e. The van der Waals surface area contributed by atoms with Crippen LogP contribution in [0.5, 0.6) is 0 Å². The Morgan fingerprint density at radius 1 is 1.67 bits per heavy atom. The van der Waals surface area contributed by atoms with E-state index in [1.807, 2.05) is 13.0 Å². The predicted octanol–water partition coefficient (Wildman–Crippen LogP) is 2.13. The average Bonchev–Trinajstić information content (AvgIpc) is 2.22. The summed E-state index contributed by atoms with van der Waals surface area (Å²) in [5.74, 6) is -0.296. The van der Waals surface area contributed by atoms with Crippen molar-refractivity contribution in [3.8, 4) is 0 Å². The van der Waals surface area contributed by atoms with Crippen LogP contribution in [0.15, 0.2) is 16.9 Å². The molecule has 82 valence electrons. The van der Waals surface area contributed by atoms with Gasteiger partial charge in [-0.25, -0.2) is 9.78 Å². The molecule has 0 amide bonds. The molecule has 1 aromatic heterocycles. The van der Waals surface area contributed by atoms with E-state index in [0.717, 1.165) is 15.9 Å². The molecule has 1 rings (SSSR count). The Morgan fingerprint density at radius 2 is 2.33 bits per heavy atom. The molecular weight excluding hydrogens is 260 g/mol. The molecule has 15 heavy (non-hydrogen) atoms. The molecule has 1 N–H and O–H groups in total. The summed E-state index contributed by atoms with van der Waals surface area (Å²) >= 11 is 3.31. The lowest BCUT2D eigenvalue weighted by Gasteiger charge is -2.13. The van der Waals surface area contributed by atoms with E-state index < -0.39 is 0 Å². The zero-order valence-electron chi connectivity index (χ0n) is 8.87. The normalized spacial score (nSPS) is 12.0. The van der Waals surface area contributed by atoms with Gasteiger partial charge in [0.05, 0.1) is 19.0 Å². The molecule has 1 atom stereocenters. The second-order valence-corrected chi connectivity index (χ2v) is 3.97. The van der Waals surface area contributed by atoms with Crippen molar-refractivity contribution in [2.45, 2.75) is 19.9 Å². The molecule has 0 saturated carbocycles. The molecule has 0 radical (unpaired) electrons. The average molecular weight is 273 g/mol. The van der Waals surface area contributed by atoms with Gasteiger partial charge in [0, 0.05) is 0 Å². The van der Waals surface area contributed by atoms with Gasteiger partial charge in [0.25, 0.3) is 0 Å². The summed E-state index contributed by atoms with van der Waals surface area (Å²) in [5, 5.41) is 3.00. The highest BCUT2D eigenvalue weighted by Crippen LogP contribution is 2.17. The van der Waals surface area contributed by atoms with Crippen LogP contribution < -0.4 is 5.32 Å². The fourth-order valence-electron chi connectivity index (χ4n) is 1.12. The molecule has 0 bridgehead atoms. The lowest BCUT2D eigenvalue weighted by Crippen LogP contribution is -2.27. The third kappa shape index (κ3) is 3.20. The molecule has 5 heteroatoms. The Morgan fingerprint density at radius 3 is 2.87 bits per heavy atom. The van der Waals surface area contributed by atoms with Crippen molar-refractivity contribution >= 4 is 27.6 Å². The van der Waals surface area contributed by atoms with Crippen molar-refractivity contribution in [1.82, 2.24) is 4.98 Å². The number of aryl methyl sites for hydroxylation is 1. The molecule has 1 aromatic rings. The molecule has 0 spiro atoms. The number of aromatic nitrogens is 1.